The minimum atomic E-state index is -0.664. The molecule has 0 saturated carbocycles. The van der Waals surface area contributed by atoms with Crippen LogP contribution in [0.4, 0.5) is 0 Å². The minimum absolute atomic E-state index is 0.0695. The van der Waals surface area contributed by atoms with Crippen LogP contribution in [0.15, 0.2) is 58.5 Å². The van der Waals surface area contributed by atoms with E-state index in [1.807, 2.05) is 36.4 Å². The molecule has 0 aliphatic carbocycles. The van der Waals surface area contributed by atoms with Gasteiger partial charge >= 0.3 is 0 Å². The van der Waals surface area contributed by atoms with Gasteiger partial charge in [-0.2, -0.15) is 0 Å². The maximum absolute atomic E-state index is 9.92. The fourth-order valence-electron chi connectivity index (χ4n) is 2.94. The number of methoxy groups -OCH3 is 2. The Morgan fingerprint density at radius 2 is 1.08 bits per heavy atom. The molecule has 2 atom stereocenters. The van der Waals surface area contributed by atoms with Crippen molar-refractivity contribution < 1.29 is 38.6 Å². The minimum Gasteiger partial charge on any atom is -0.467 e. The van der Waals surface area contributed by atoms with E-state index in [4.69, 9.17) is 28.4 Å². The summed E-state index contributed by atoms with van der Waals surface area (Å²) in [6.45, 7) is 1.34. The van der Waals surface area contributed by atoms with Gasteiger partial charge in [0, 0.05) is 37.8 Å². The average molecular weight is 505 g/mol. The van der Waals surface area contributed by atoms with Crippen LogP contribution in [-0.2, 0) is 18.9 Å². The van der Waals surface area contributed by atoms with Crippen molar-refractivity contribution in [2.24, 2.45) is 9.98 Å². The smallest absolute Gasteiger partial charge is 0.189 e. The summed E-state index contributed by atoms with van der Waals surface area (Å²) >= 11 is 0. The van der Waals surface area contributed by atoms with Crippen LogP contribution in [0.2, 0.25) is 0 Å². The molecule has 198 valence electrons. The number of aliphatic hydroxyl groups excluding tert-OH is 2. The summed E-state index contributed by atoms with van der Waals surface area (Å²) in [5, 5.41) is 19.8. The first-order valence-electron chi connectivity index (χ1n) is 11.6. The van der Waals surface area contributed by atoms with Gasteiger partial charge in [0.1, 0.15) is 11.5 Å². The Morgan fingerprint density at radius 3 is 1.47 bits per heavy atom. The Labute approximate surface area is 212 Å². The van der Waals surface area contributed by atoms with Crippen LogP contribution in [0.1, 0.15) is 11.1 Å². The summed E-state index contributed by atoms with van der Waals surface area (Å²) in [5.74, 6) is 1.16. The first-order valence-corrected chi connectivity index (χ1v) is 11.6. The standard InChI is InChI=1S/C26H36N2O8/c1-31-11-13-33-19-35-25-9-5-3-7-21(25)15-27-23(17-29)24(18-30)28-16-22-8-4-6-10-26(22)36-20-34-14-12-32-2/h3-10,15-16,23-24,29-30H,11-14,17-20H2,1-2H3/b27-15+,28-16+/t23-,24-/m0/s1. The summed E-state index contributed by atoms with van der Waals surface area (Å²) in [4.78, 5) is 8.92. The lowest BCUT2D eigenvalue weighted by atomic mass is 10.1. The highest BCUT2D eigenvalue weighted by Crippen LogP contribution is 2.18. The van der Waals surface area contributed by atoms with Crippen molar-refractivity contribution in [2.45, 2.75) is 12.1 Å². The van der Waals surface area contributed by atoms with E-state index in [9.17, 15) is 10.2 Å². The number of aliphatic hydroxyl groups is 2. The molecule has 10 nitrogen and oxygen atoms in total. The van der Waals surface area contributed by atoms with Gasteiger partial charge in [0.05, 0.1) is 51.7 Å². The molecule has 0 amide bonds. The van der Waals surface area contributed by atoms with Crippen LogP contribution in [0, 0.1) is 0 Å². The molecule has 0 radical (unpaired) electrons. The van der Waals surface area contributed by atoms with Gasteiger partial charge in [-0.1, -0.05) is 24.3 Å². The van der Waals surface area contributed by atoms with E-state index < -0.39 is 12.1 Å². The molecule has 0 heterocycles. The first kappa shape index (κ1) is 29.4. The summed E-state index contributed by atoms with van der Waals surface area (Å²) in [7, 11) is 3.20. The molecule has 10 heteroatoms. The number of para-hydroxylation sites is 2. The van der Waals surface area contributed by atoms with Crippen LogP contribution in [0.3, 0.4) is 0 Å². The summed E-state index contributed by atoms with van der Waals surface area (Å²) in [5.41, 5.74) is 1.42. The SMILES string of the molecule is COCCOCOc1ccccc1/C=N/[C@@H](CO)[C@H](CO)/N=C/c1ccccc1OCOCCOC. The van der Waals surface area contributed by atoms with Crippen molar-refractivity contribution in [3.63, 3.8) is 0 Å². The molecule has 0 aliphatic rings. The second kappa shape index (κ2) is 18.4. The Morgan fingerprint density at radius 1 is 0.667 bits per heavy atom. The summed E-state index contributed by atoms with van der Waals surface area (Å²) in [6.07, 6.45) is 3.19. The number of nitrogens with zero attached hydrogens (tertiary/aromatic N) is 2. The lowest BCUT2D eigenvalue weighted by molar-refractivity contribution is -0.00862. The molecule has 2 aromatic carbocycles. The molecule has 2 aromatic rings. The lowest BCUT2D eigenvalue weighted by Crippen LogP contribution is -2.30. The third-order valence-corrected chi connectivity index (χ3v) is 4.93. The van der Waals surface area contributed by atoms with E-state index in [-0.39, 0.29) is 26.8 Å². The van der Waals surface area contributed by atoms with Gasteiger partial charge in [0.2, 0.25) is 0 Å². The van der Waals surface area contributed by atoms with E-state index >= 15 is 0 Å². The number of hydrogen-bond acceptors (Lipinski definition) is 10. The van der Waals surface area contributed by atoms with Crippen LogP contribution < -0.4 is 9.47 Å². The molecular formula is C26H36N2O8. The van der Waals surface area contributed by atoms with Crippen molar-refractivity contribution in [3.05, 3.63) is 59.7 Å². The van der Waals surface area contributed by atoms with E-state index in [0.717, 1.165) is 0 Å². The van der Waals surface area contributed by atoms with Gasteiger partial charge in [-0.25, -0.2) is 0 Å². The lowest BCUT2D eigenvalue weighted by Gasteiger charge is -2.17. The highest BCUT2D eigenvalue weighted by Gasteiger charge is 2.18. The van der Waals surface area contributed by atoms with E-state index in [2.05, 4.69) is 9.98 Å². The van der Waals surface area contributed by atoms with Crippen molar-refractivity contribution in [2.75, 3.05) is 67.4 Å². The molecule has 0 spiro atoms. The molecule has 0 aromatic heterocycles. The number of ether oxygens (including phenoxy) is 6. The second-order valence-corrected chi connectivity index (χ2v) is 7.46. The van der Waals surface area contributed by atoms with Crippen LogP contribution in [0.5, 0.6) is 11.5 Å². The first-order chi connectivity index (χ1) is 17.7. The fraction of sp³-hybridized carbons (Fsp3) is 0.462. The zero-order chi connectivity index (χ0) is 25.8. The molecule has 0 bridgehead atoms. The molecule has 36 heavy (non-hydrogen) atoms. The predicted octanol–water partition coefficient (Wildman–Crippen LogP) is 1.95. The van der Waals surface area contributed by atoms with E-state index in [1.165, 1.54) is 0 Å². The zero-order valence-corrected chi connectivity index (χ0v) is 20.8. The fourth-order valence-corrected chi connectivity index (χ4v) is 2.94. The third kappa shape index (κ3) is 10.8. The molecular weight excluding hydrogens is 468 g/mol. The largest absolute Gasteiger partial charge is 0.467 e. The zero-order valence-electron chi connectivity index (χ0n) is 20.8. The van der Waals surface area contributed by atoms with Crippen molar-refractivity contribution in [1.82, 2.24) is 0 Å². The van der Waals surface area contributed by atoms with Crippen LogP contribution in [-0.4, -0.2) is 102 Å². The maximum atomic E-state index is 9.92. The number of aliphatic imine (C=N–C) groups is 2. The van der Waals surface area contributed by atoms with Gasteiger partial charge in [0.25, 0.3) is 0 Å². The topological polar surface area (TPSA) is 121 Å². The van der Waals surface area contributed by atoms with E-state index in [0.29, 0.717) is 49.1 Å². The van der Waals surface area contributed by atoms with Gasteiger partial charge < -0.3 is 38.6 Å². The van der Waals surface area contributed by atoms with Gasteiger partial charge in [-0.3, -0.25) is 9.98 Å². The molecule has 0 fully saturated rings. The second-order valence-electron chi connectivity index (χ2n) is 7.46. The van der Waals surface area contributed by atoms with Gasteiger partial charge in [0.15, 0.2) is 13.6 Å². The molecule has 0 unspecified atom stereocenters. The highest BCUT2D eigenvalue weighted by molar-refractivity contribution is 5.84. The summed E-state index contributed by atoms with van der Waals surface area (Å²) < 4.78 is 31.9. The van der Waals surface area contributed by atoms with Crippen LogP contribution >= 0.6 is 0 Å². The summed E-state index contributed by atoms with van der Waals surface area (Å²) in [6, 6.07) is 13.3. The Kier molecular flexibility index (Phi) is 15.0. The Bertz CT molecular complexity index is 836. The Hall–Kier alpha value is -2.86. The van der Waals surface area contributed by atoms with E-state index in [1.54, 1.807) is 38.8 Å². The number of rotatable bonds is 19. The molecule has 0 aliphatic heterocycles. The van der Waals surface area contributed by atoms with Gasteiger partial charge in [-0.05, 0) is 24.3 Å². The number of hydrogen-bond donors (Lipinski definition) is 2. The molecule has 2 rings (SSSR count). The quantitative estimate of drug-likeness (QED) is 0.169. The van der Waals surface area contributed by atoms with Crippen molar-refractivity contribution in [1.29, 1.82) is 0 Å². The maximum Gasteiger partial charge on any atom is 0.189 e. The third-order valence-electron chi connectivity index (χ3n) is 4.93. The average Bonchev–Trinajstić information content (AvgIpc) is 2.91. The normalized spacial score (nSPS) is 13.3. The molecule has 2 N–H and O–H groups in total. The monoisotopic (exact) mass is 504 g/mol. The van der Waals surface area contributed by atoms with Crippen LogP contribution in [0.25, 0.3) is 0 Å². The van der Waals surface area contributed by atoms with Gasteiger partial charge in [-0.15, -0.1) is 0 Å². The number of benzene rings is 2. The highest BCUT2D eigenvalue weighted by atomic mass is 16.7. The predicted molar refractivity (Wildman–Crippen MR) is 136 cm³/mol. The van der Waals surface area contributed by atoms with Crippen molar-refractivity contribution >= 4 is 12.4 Å². The Balaban J connectivity index is 2.03. The molecule has 0 saturated heterocycles. The van der Waals surface area contributed by atoms with Crippen molar-refractivity contribution in [3.8, 4) is 11.5 Å².